The number of hydrogen-bond donors (Lipinski definition) is 2. The highest BCUT2D eigenvalue weighted by Gasteiger charge is 2.14. The third-order valence-corrected chi connectivity index (χ3v) is 3.61. The molecule has 0 saturated carbocycles. The number of benzene rings is 1. The number of methoxy groups -OCH3 is 1. The summed E-state index contributed by atoms with van der Waals surface area (Å²) in [6.45, 7) is 0.757. The molecule has 2 aromatic rings. The van der Waals surface area contributed by atoms with Gasteiger partial charge >= 0.3 is 0 Å². The summed E-state index contributed by atoms with van der Waals surface area (Å²) in [5, 5.41) is 13.9. The zero-order valence-corrected chi connectivity index (χ0v) is 13.3. The number of rotatable bonds is 8. The van der Waals surface area contributed by atoms with E-state index in [4.69, 9.17) is 16.3 Å². The zero-order chi connectivity index (χ0) is 15.8. The molecule has 22 heavy (non-hydrogen) atoms. The Hall–Kier alpha value is -1.46. The van der Waals surface area contributed by atoms with Gasteiger partial charge in [0.15, 0.2) is 0 Å². The van der Waals surface area contributed by atoms with Crippen molar-refractivity contribution in [2.24, 2.45) is 0 Å². The van der Waals surface area contributed by atoms with E-state index < -0.39 is 6.10 Å². The van der Waals surface area contributed by atoms with Crippen LogP contribution in [0.2, 0.25) is 5.02 Å². The van der Waals surface area contributed by atoms with Gasteiger partial charge in [0.25, 0.3) is 0 Å². The molecule has 2 rings (SSSR count). The van der Waals surface area contributed by atoms with E-state index in [2.05, 4.69) is 10.3 Å². The van der Waals surface area contributed by atoms with E-state index in [1.807, 2.05) is 42.6 Å². The maximum Gasteiger partial charge on any atom is 0.0897 e. The van der Waals surface area contributed by atoms with Gasteiger partial charge in [-0.2, -0.15) is 0 Å². The lowest BCUT2D eigenvalue weighted by atomic mass is 9.99. The van der Waals surface area contributed by atoms with Gasteiger partial charge in [-0.1, -0.05) is 29.8 Å². The Labute approximate surface area is 136 Å². The first kappa shape index (κ1) is 16.9. The monoisotopic (exact) mass is 320 g/mol. The van der Waals surface area contributed by atoms with Gasteiger partial charge in [0, 0.05) is 37.1 Å². The second-order valence-corrected chi connectivity index (χ2v) is 5.63. The molecule has 118 valence electrons. The van der Waals surface area contributed by atoms with Crippen LogP contribution in [0.4, 0.5) is 0 Å². The van der Waals surface area contributed by atoms with Gasteiger partial charge in [-0.05, 0) is 35.7 Å². The summed E-state index contributed by atoms with van der Waals surface area (Å²) >= 11 is 6.09. The van der Waals surface area contributed by atoms with Crippen molar-refractivity contribution in [3.05, 3.63) is 64.9 Å². The average Bonchev–Trinajstić information content (AvgIpc) is 2.52. The second-order valence-electron chi connectivity index (χ2n) is 5.19. The number of ether oxygens (including phenoxy) is 1. The molecule has 1 aromatic heterocycles. The molecular formula is C17H21ClN2O2. The Morgan fingerprint density at radius 1 is 1.32 bits per heavy atom. The van der Waals surface area contributed by atoms with Gasteiger partial charge in [0.2, 0.25) is 0 Å². The van der Waals surface area contributed by atoms with Crippen molar-refractivity contribution in [3.63, 3.8) is 0 Å². The highest BCUT2D eigenvalue weighted by Crippen LogP contribution is 2.21. The molecule has 0 radical (unpaired) electrons. The maximum absolute atomic E-state index is 9.84. The molecule has 5 heteroatoms. The molecule has 0 saturated heterocycles. The Bertz CT molecular complexity index is 566. The molecule has 0 bridgehead atoms. The summed E-state index contributed by atoms with van der Waals surface area (Å²) < 4.78 is 4.96. The van der Waals surface area contributed by atoms with Crippen LogP contribution in [0.5, 0.6) is 0 Å². The van der Waals surface area contributed by atoms with Crippen LogP contribution in [0.25, 0.3) is 0 Å². The number of pyridine rings is 1. The van der Waals surface area contributed by atoms with E-state index in [0.29, 0.717) is 18.2 Å². The summed E-state index contributed by atoms with van der Waals surface area (Å²) in [5.41, 5.74) is 2.21. The highest BCUT2D eigenvalue weighted by molar-refractivity contribution is 6.30. The quantitative estimate of drug-likeness (QED) is 0.785. The van der Waals surface area contributed by atoms with Gasteiger partial charge in [-0.25, -0.2) is 0 Å². The number of aromatic nitrogens is 1. The first-order valence-corrected chi connectivity index (χ1v) is 7.61. The molecule has 1 heterocycles. The molecule has 2 N–H and O–H groups in total. The van der Waals surface area contributed by atoms with Crippen LogP contribution < -0.4 is 5.32 Å². The predicted octanol–water partition coefficient (Wildman–Crippen LogP) is 2.62. The van der Waals surface area contributed by atoms with Crippen molar-refractivity contribution < 1.29 is 9.84 Å². The molecule has 0 amide bonds. The highest BCUT2D eigenvalue weighted by atomic mass is 35.5. The van der Waals surface area contributed by atoms with Crippen LogP contribution in [0.3, 0.4) is 0 Å². The van der Waals surface area contributed by atoms with Crippen LogP contribution in [0.15, 0.2) is 48.8 Å². The summed E-state index contributed by atoms with van der Waals surface area (Å²) in [5.74, 6) is 0. The number of hydrogen-bond acceptors (Lipinski definition) is 4. The fraction of sp³-hybridized carbons (Fsp3) is 0.353. The summed E-state index contributed by atoms with van der Waals surface area (Å²) in [7, 11) is 1.58. The lowest BCUT2D eigenvalue weighted by Gasteiger charge is -2.21. The van der Waals surface area contributed by atoms with E-state index in [1.54, 1.807) is 13.3 Å². The fourth-order valence-corrected chi connectivity index (χ4v) is 2.51. The number of nitrogens with one attached hydrogen (secondary N) is 1. The van der Waals surface area contributed by atoms with E-state index in [9.17, 15) is 5.11 Å². The van der Waals surface area contributed by atoms with Crippen molar-refractivity contribution in [2.45, 2.75) is 18.6 Å². The van der Waals surface area contributed by atoms with E-state index in [0.717, 1.165) is 17.5 Å². The summed E-state index contributed by atoms with van der Waals surface area (Å²) in [4.78, 5) is 4.15. The number of halogens is 1. The zero-order valence-electron chi connectivity index (χ0n) is 12.6. The summed E-state index contributed by atoms with van der Waals surface area (Å²) in [6.07, 6.45) is 3.84. The molecule has 4 nitrogen and oxygen atoms in total. The lowest BCUT2D eigenvalue weighted by Crippen LogP contribution is -2.33. The molecule has 0 aliphatic heterocycles. The fourth-order valence-electron chi connectivity index (χ4n) is 2.32. The Morgan fingerprint density at radius 3 is 2.86 bits per heavy atom. The lowest BCUT2D eigenvalue weighted by molar-refractivity contribution is 0.0627. The SMILES string of the molecule is COCC(O)CNC(Cc1cccnc1)c1cccc(Cl)c1. The number of aliphatic hydroxyl groups is 1. The molecule has 0 spiro atoms. The van der Waals surface area contributed by atoms with Crippen LogP contribution in [-0.2, 0) is 11.2 Å². The van der Waals surface area contributed by atoms with Gasteiger partial charge in [-0.3, -0.25) is 4.98 Å². The summed E-state index contributed by atoms with van der Waals surface area (Å²) in [6, 6.07) is 11.8. The Balaban J connectivity index is 2.10. The van der Waals surface area contributed by atoms with Gasteiger partial charge in [0.05, 0.1) is 12.7 Å². The predicted molar refractivity (Wildman–Crippen MR) is 88.0 cm³/mol. The van der Waals surface area contributed by atoms with Gasteiger partial charge in [0.1, 0.15) is 0 Å². The van der Waals surface area contributed by atoms with Crippen LogP contribution >= 0.6 is 11.6 Å². The normalized spacial score (nSPS) is 13.8. The Morgan fingerprint density at radius 2 is 2.18 bits per heavy atom. The minimum absolute atomic E-state index is 0.0504. The molecular weight excluding hydrogens is 300 g/mol. The van der Waals surface area contributed by atoms with Crippen LogP contribution in [0, 0.1) is 0 Å². The first-order chi connectivity index (χ1) is 10.7. The molecule has 1 aromatic carbocycles. The number of aliphatic hydroxyl groups excluding tert-OH is 1. The Kier molecular flexibility index (Phi) is 6.80. The largest absolute Gasteiger partial charge is 0.389 e. The molecule has 0 fully saturated rings. The second kappa shape index (κ2) is 8.86. The molecule has 0 aliphatic carbocycles. The standard InChI is InChI=1S/C17H21ClN2O2/c1-22-12-16(21)11-20-17(8-13-4-3-7-19-10-13)14-5-2-6-15(18)9-14/h2-7,9-10,16-17,20-21H,8,11-12H2,1H3. The van der Waals surface area contributed by atoms with E-state index >= 15 is 0 Å². The minimum Gasteiger partial charge on any atom is -0.389 e. The van der Waals surface area contributed by atoms with Gasteiger partial charge < -0.3 is 15.2 Å². The van der Waals surface area contributed by atoms with Gasteiger partial charge in [-0.15, -0.1) is 0 Å². The minimum atomic E-state index is -0.541. The first-order valence-electron chi connectivity index (χ1n) is 7.24. The molecule has 0 aliphatic rings. The topological polar surface area (TPSA) is 54.4 Å². The van der Waals surface area contributed by atoms with Crippen molar-refractivity contribution in [3.8, 4) is 0 Å². The third kappa shape index (κ3) is 5.39. The number of nitrogens with zero attached hydrogens (tertiary/aromatic N) is 1. The van der Waals surface area contributed by atoms with Crippen molar-refractivity contribution in [2.75, 3.05) is 20.3 Å². The molecule has 2 unspecified atom stereocenters. The van der Waals surface area contributed by atoms with E-state index in [-0.39, 0.29) is 6.04 Å². The van der Waals surface area contributed by atoms with Crippen LogP contribution in [-0.4, -0.2) is 36.5 Å². The third-order valence-electron chi connectivity index (χ3n) is 3.37. The van der Waals surface area contributed by atoms with Crippen molar-refractivity contribution in [1.29, 1.82) is 0 Å². The van der Waals surface area contributed by atoms with Crippen molar-refractivity contribution >= 4 is 11.6 Å². The van der Waals surface area contributed by atoms with E-state index in [1.165, 1.54) is 0 Å². The average molecular weight is 321 g/mol. The maximum atomic E-state index is 9.84. The van der Waals surface area contributed by atoms with Crippen LogP contribution in [0.1, 0.15) is 17.2 Å². The smallest absolute Gasteiger partial charge is 0.0897 e. The molecule has 2 atom stereocenters. The van der Waals surface area contributed by atoms with Crippen molar-refractivity contribution in [1.82, 2.24) is 10.3 Å².